The third kappa shape index (κ3) is 2.44. The van der Waals surface area contributed by atoms with E-state index in [2.05, 4.69) is 18.4 Å². The van der Waals surface area contributed by atoms with Crippen molar-refractivity contribution in [3.8, 4) is 0 Å². The summed E-state index contributed by atoms with van der Waals surface area (Å²) in [5, 5.41) is 0. The largest absolute Gasteiger partial charge is 0.296 e. The smallest absolute Gasteiger partial charge is 0.172 e. The summed E-state index contributed by atoms with van der Waals surface area (Å²) in [5.41, 5.74) is 0. The summed E-state index contributed by atoms with van der Waals surface area (Å²) in [6.07, 6.45) is 6.23. The van der Waals surface area contributed by atoms with Gasteiger partial charge in [0.1, 0.15) is 0 Å². The minimum Gasteiger partial charge on any atom is -0.296 e. The number of likely N-dealkylation sites (N-methyl/N-ethyl adjacent to an activating group) is 1. The quantitative estimate of drug-likeness (QED) is 0.641. The lowest BCUT2D eigenvalue weighted by atomic mass is 9.84. The highest BCUT2D eigenvalue weighted by Crippen LogP contribution is 2.27. The third-order valence-electron chi connectivity index (χ3n) is 3.16. The van der Waals surface area contributed by atoms with Gasteiger partial charge in [0.2, 0.25) is 0 Å². The molecule has 0 N–H and O–H groups in total. The molecule has 2 heteroatoms. The monoisotopic (exact) mass is 195 g/mol. The molecule has 0 aromatic rings. The number of carbonyl (C=O) groups excluding carboxylic acids is 1. The van der Waals surface area contributed by atoms with Crippen LogP contribution in [0.3, 0.4) is 0 Å². The maximum Gasteiger partial charge on any atom is 0.172 e. The first-order chi connectivity index (χ1) is 6.70. The first-order valence-corrected chi connectivity index (χ1v) is 5.57. The molecule has 14 heavy (non-hydrogen) atoms. The Kier molecular flexibility index (Phi) is 4.33. The molecule has 0 aromatic heterocycles. The van der Waals surface area contributed by atoms with Crippen LogP contribution in [0.25, 0.3) is 0 Å². The predicted molar refractivity (Wildman–Crippen MR) is 59.3 cm³/mol. The number of ketones is 1. The minimum absolute atomic E-state index is 0.0983. The van der Waals surface area contributed by atoms with E-state index in [1.807, 2.05) is 7.05 Å². The maximum atomic E-state index is 11.7. The number of carbonyl (C=O) groups is 1. The van der Waals surface area contributed by atoms with Crippen molar-refractivity contribution in [1.29, 1.82) is 0 Å². The summed E-state index contributed by atoms with van der Waals surface area (Å²) >= 11 is 0. The van der Waals surface area contributed by atoms with Crippen LogP contribution in [0.5, 0.6) is 0 Å². The molecule has 1 aliphatic rings. The number of piperidine rings is 1. The van der Waals surface area contributed by atoms with E-state index in [0.717, 1.165) is 13.0 Å². The Hall–Kier alpha value is -0.630. The van der Waals surface area contributed by atoms with Crippen molar-refractivity contribution in [3.63, 3.8) is 0 Å². The van der Waals surface area contributed by atoms with E-state index in [-0.39, 0.29) is 11.8 Å². The average Bonchev–Trinajstić information content (AvgIpc) is 2.18. The Morgan fingerprint density at radius 2 is 2.36 bits per heavy atom. The summed E-state index contributed by atoms with van der Waals surface area (Å²) in [4.78, 5) is 13.9. The van der Waals surface area contributed by atoms with E-state index in [9.17, 15) is 4.79 Å². The van der Waals surface area contributed by atoms with Crippen LogP contribution in [0.4, 0.5) is 0 Å². The van der Waals surface area contributed by atoms with E-state index in [1.165, 1.54) is 25.3 Å². The van der Waals surface area contributed by atoms with Gasteiger partial charge in [0.15, 0.2) is 5.78 Å². The number of nitrogens with zero attached hydrogens (tertiary/aromatic N) is 1. The number of likely N-dealkylation sites (tertiary alicyclic amines) is 1. The molecule has 0 spiro atoms. The van der Waals surface area contributed by atoms with Crippen molar-refractivity contribution in [2.24, 2.45) is 5.92 Å². The fourth-order valence-electron chi connectivity index (χ4n) is 2.50. The van der Waals surface area contributed by atoms with E-state index in [0.29, 0.717) is 5.92 Å². The van der Waals surface area contributed by atoms with Gasteiger partial charge in [-0.15, -0.1) is 0 Å². The molecule has 0 saturated carbocycles. The number of hydrogen-bond donors (Lipinski definition) is 0. The fraction of sp³-hybridized carbons (Fsp3) is 0.750. The van der Waals surface area contributed by atoms with Crippen LogP contribution in [-0.4, -0.2) is 30.3 Å². The first kappa shape index (κ1) is 11.4. The fourth-order valence-corrected chi connectivity index (χ4v) is 2.50. The highest BCUT2D eigenvalue weighted by atomic mass is 16.1. The van der Waals surface area contributed by atoms with Gasteiger partial charge in [-0.3, -0.25) is 9.69 Å². The van der Waals surface area contributed by atoms with E-state index in [1.54, 1.807) is 0 Å². The van der Waals surface area contributed by atoms with Crippen molar-refractivity contribution < 1.29 is 4.79 Å². The second-order valence-electron chi connectivity index (χ2n) is 4.22. The van der Waals surface area contributed by atoms with Gasteiger partial charge in [0, 0.05) is 0 Å². The van der Waals surface area contributed by atoms with Gasteiger partial charge in [-0.25, -0.2) is 0 Å². The van der Waals surface area contributed by atoms with Crippen LogP contribution < -0.4 is 0 Å². The summed E-state index contributed by atoms with van der Waals surface area (Å²) < 4.78 is 0. The molecule has 1 aliphatic heterocycles. The zero-order chi connectivity index (χ0) is 10.6. The zero-order valence-corrected chi connectivity index (χ0v) is 9.33. The highest BCUT2D eigenvalue weighted by molar-refractivity contribution is 5.94. The van der Waals surface area contributed by atoms with Crippen molar-refractivity contribution in [3.05, 3.63) is 12.7 Å². The van der Waals surface area contributed by atoms with Crippen molar-refractivity contribution >= 4 is 5.78 Å². The predicted octanol–water partition coefficient (Wildman–Crippen LogP) is 2.25. The van der Waals surface area contributed by atoms with Crippen LogP contribution in [0.2, 0.25) is 0 Å². The summed E-state index contributed by atoms with van der Waals surface area (Å²) in [6, 6.07) is 0.0983. The Morgan fingerprint density at radius 3 is 2.93 bits per heavy atom. The third-order valence-corrected chi connectivity index (χ3v) is 3.16. The van der Waals surface area contributed by atoms with E-state index < -0.39 is 0 Å². The Morgan fingerprint density at radius 1 is 1.64 bits per heavy atom. The van der Waals surface area contributed by atoms with Gasteiger partial charge in [-0.1, -0.05) is 19.9 Å². The molecule has 2 nitrogen and oxygen atoms in total. The molecule has 2 atom stereocenters. The molecule has 80 valence electrons. The molecule has 1 heterocycles. The molecular weight excluding hydrogens is 174 g/mol. The van der Waals surface area contributed by atoms with Gasteiger partial charge in [-0.2, -0.15) is 0 Å². The van der Waals surface area contributed by atoms with Crippen LogP contribution in [0.15, 0.2) is 12.7 Å². The molecule has 2 unspecified atom stereocenters. The van der Waals surface area contributed by atoms with Crippen LogP contribution in [0.1, 0.15) is 32.6 Å². The second kappa shape index (κ2) is 5.30. The van der Waals surface area contributed by atoms with Gasteiger partial charge in [0.05, 0.1) is 6.04 Å². The lowest BCUT2D eigenvalue weighted by Gasteiger charge is -2.37. The Balaban J connectivity index is 2.69. The Labute approximate surface area is 87.0 Å². The molecule has 0 aliphatic carbocycles. The molecule has 0 radical (unpaired) electrons. The highest BCUT2D eigenvalue weighted by Gasteiger charge is 2.32. The van der Waals surface area contributed by atoms with E-state index >= 15 is 0 Å². The van der Waals surface area contributed by atoms with Crippen LogP contribution >= 0.6 is 0 Å². The topological polar surface area (TPSA) is 20.3 Å². The van der Waals surface area contributed by atoms with Gasteiger partial charge in [0.25, 0.3) is 0 Å². The number of rotatable bonds is 4. The molecule has 1 rings (SSSR count). The van der Waals surface area contributed by atoms with Crippen LogP contribution in [0, 0.1) is 5.92 Å². The molecule has 1 saturated heterocycles. The average molecular weight is 195 g/mol. The maximum absolute atomic E-state index is 11.7. The van der Waals surface area contributed by atoms with Gasteiger partial charge < -0.3 is 0 Å². The molecule has 1 fully saturated rings. The molecule has 0 amide bonds. The normalized spacial score (nSPS) is 28.7. The minimum atomic E-state index is 0.0983. The molecule has 0 bridgehead atoms. The van der Waals surface area contributed by atoms with Gasteiger partial charge in [-0.05, 0) is 44.8 Å². The first-order valence-electron chi connectivity index (χ1n) is 5.57. The molecular formula is C12H21NO. The second-order valence-corrected chi connectivity index (χ2v) is 4.22. The lowest BCUT2D eigenvalue weighted by Crippen LogP contribution is -2.47. The summed E-state index contributed by atoms with van der Waals surface area (Å²) in [5.74, 6) is 0.745. The van der Waals surface area contributed by atoms with E-state index in [4.69, 9.17) is 0 Å². The van der Waals surface area contributed by atoms with Gasteiger partial charge >= 0.3 is 0 Å². The standard InChI is InChI=1S/C12H21NO/c1-4-7-10-8-6-9-13(3)12(10)11(14)5-2/h5,10,12H,2,4,6-9H2,1,3H3. The summed E-state index contributed by atoms with van der Waals surface area (Å²) in [6.45, 7) is 6.82. The molecule has 0 aromatic carbocycles. The van der Waals surface area contributed by atoms with Crippen molar-refractivity contribution in [2.75, 3.05) is 13.6 Å². The van der Waals surface area contributed by atoms with Crippen molar-refractivity contribution in [2.45, 2.75) is 38.6 Å². The zero-order valence-electron chi connectivity index (χ0n) is 9.33. The van der Waals surface area contributed by atoms with Crippen LogP contribution in [-0.2, 0) is 4.79 Å². The lowest BCUT2D eigenvalue weighted by molar-refractivity contribution is -0.122. The summed E-state index contributed by atoms with van der Waals surface area (Å²) in [7, 11) is 2.05. The Bertz CT molecular complexity index is 210. The number of hydrogen-bond acceptors (Lipinski definition) is 2. The SMILES string of the molecule is C=CC(=O)C1C(CCC)CCCN1C. The van der Waals surface area contributed by atoms with Crippen molar-refractivity contribution in [1.82, 2.24) is 4.90 Å².